The molecule has 11 heteroatoms. The van der Waals surface area contributed by atoms with Crippen LogP contribution in [0.25, 0.3) is 0 Å². The van der Waals surface area contributed by atoms with Gasteiger partial charge in [0.05, 0.1) is 29.8 Å². The Bertz CT molecular complexity index is 1430. The number of unbranched alkanes of at least 4 members (excludes halogenated alkanes) is 1. The van der Waals surface area contributed by atoms with E-state index in [1.807, 2.05) is 26.0 Å². The maximum absolute atomic E-state index is 14.1. The van der Waals surface area contributed by atoms with Crippen molar-refractivity contribution < 1.29 is 27.5 Å². The minimum absolute atomic E-state index is 0.01000. The molecule has 0 aliphatic heterocycles. The Balaban J connectivity index is 2.05. The Kier molecular flexibility index (Phi) is 12.1. The number of anilines is 1. The summed E-state index contributed by atoms with van der Waals surface area (Å²) in [6.07, 6.45) is 2.04. The molecule has 0 spiro atoms. The maximum Gasteiger partial charge on any atom is 0.264 e. The van der Waals surface area contributed by atoms with Gasteiger partial charge in [-0.25, -0.2) is 8.42 Å². The third-order valence-corrected chi connectivity index (χ3v) is 8.84. The van der Waals surface area contributed by atoms with Crippen LogP contribution >= 0.6 is 11.6 Å². The molecule has 0 saturated heterocycles. The molecule has 3 rings (SSSR count). The van der Waals surface area contributed by atoms with Crippen LogP contribution in [0.3, 0.4) is 0 Å². The van der Waals surface area contributed by atoms with Crippen molar-refractivity contribution in [1.82, 2.24) is 10.2 Å². The summed E-state index contributed by atoms with van der Waals surface area (Å²) in [5.74, 6) is 0.171. The molecule has 3 aromatic carbocycles. The number of carbonyl (C=O) groups excluding carboxylic acids is 2. The fourth-order valence-electron chi connectivity index (χ4n) is 4.41. The van der Waals surface area contributed by atoms with Crippen LogP contribution in [0.4, 0.5) is 5.69 Å². The fourth-order valence-corrected chi connectivity index (χ4v) is 6.09. The first-order valence-corrected chi connectivity index (χ1v) is 15.6. The first-order valence-electron chi connectivity index (χ1n) is 13.8. The van der Waals surface area contributed by atoms with Gasteiger partial charge in [0.25, 0.3) is 10.0 Å². The van der Waals surface area contributed by atoms with Gasteiger partial charge in [-0.3, -0.25) is 13.9 Å². The largest absolute Gasteiger partial charge is 0.497 e. The summed E-state index contributed by atoms with van der Waals surface area (Å²) in [7, 11) is -1.19. The molecule has 226 valence electrons. The Morgan fingerprint density at radius 3 is 2.21 bits per heavy atom. The second-order valence-corrected chi connectivity index (χ2v) is 11.9. The summed E-state index contributed by atoms with van der Waals surface area (Å²) < 4.78 is 39.3. The number of ether oxygens (including phenoxy) is 2. The van der Waals surface area contributed by atoms with E-state index in [0.717, 1.165) is 22.7 Å². The minimum Gasteiger partial charge on any atom is -0.497 e. The quantitative estimate of drug-likeness (QED) is 0.233. The molecule has 9 nitrogen and oxygen atoms in total. The van der Waals surface area contributed by atoms with E-state index in [1.54, 1.807) is 43.5 Å². The third kappa shape index (κ3) is 8.17. The Morgan fingerprint density at radius 2 is 1.64 bits per heavy atom. The predicted octanol–water partition coefficient (Wildman–Crippen LogP) is 5.28. The zero-order valence-corrected chi connectivity index (χ0v) is 26.0. The SMILES string of the molecule is CCCCNC(=O)C(CC)N(Cc1ccc(OC)cc1)C(=O)CN(c1ccc(OC)c(Cl)c1)S(=O)(=O)c1ccccc1. The number of sulfonamides is 1. The second kappa shape index (κ2) is 15.5. The average molecular weight is 616 g/mol. The minimum atomic E-state index is -4.20. The highest BCUT2D eigenvalue weighted by atomic mass is 35.5. The molecular weight excluding hydrogens is 578 g/mol. The number of benzene rings is 3. The first kappa shape index (κ1) is 32.8. The van der Waals surface area contributed by atoms with Crippen molar-refractivity contribution >= 4 is 39.1 Å². The van der Waals surface area contributed by atoms with Crippen LogP contribution in [0.1, 0.15) is 38.7 Å². The van der Waals surface area contributed by atoms with Gasteiger partial charge in [0.2, 0.25) is 11.8 Å². The van der Waals surface area contributed by atoms with E-state index in [9.17, 15) is 18.0 Å². The van der Waals surface area contributed by atoms with Crippen molar-refractivity contribution in [2.75, 3.05) is 31.6 Å². The molecule has 0 heterocycles. The number of amides is 2. The molecule has 2 amide bonds. The number of carbonyl (C=O) groups is 2. The van der Waals surface area contributed by atoms with Gasteiger partial charge in [-0.05, 0) is 60.9 Å². The molecule has 0 radical (unpaired) electrons. The lowest BCUT2D eigenvalue weighted by Crippen LogP contribution is -2.52. The van der Waals surface area contributed by atoms with E-state index in [2.05, 4.69) is 5.32 Å². The van der Waals surface area contributed by atoms with E-state index in [-0.39, 0.29) is 28.1 Å². The molecule has 1 N–H and O–H groups in total. The fraction of sp³-hybridized carbons (Fsp3) is 0.355. The van der Waals surface area contributed by atoms with Gasteiger partial charge in [-0.15, -0.1) is 0 Å². The summed E-state index contributed by atoms with van der Waals surface area (Å²) in [6.45, 7) is 3.85. The lowest BCUT2D eigenvalue weighted by atomic mass is 10.1. The van der Waals surface area contributed by atoms with Crippen LogP contribution in [0.5, 0.6) is 11.5 Å². The normalized spacial score (nSPS) is 11.8. The number of methoxy groups -OCH3 is 2. The maximum atomic E-state index is 14.1. The van der Waals surface area contributed by atoms with Crippen LogP contribution in [-0.4, -0.2) is 58.5 Å². The van der Waals surface area contributed by atoms with Crippen molar-refractivity contribution in [3.63, 3.8) is 0 Å². The van der Waals surface area contributed by atoms with Crippen molar-refractivity contribution in [2.45, 2.75) is 50.6 Å². The van der Waals surface area contributed by atoms with Crippen LogP contribution in [-0.2, 0) is 26.2 Å². The summed E-state index contributed by atoms with van der Waals surface area (Å²) in [6, 6.07) is 18.7. The van der Waals surface area contributed by atoms with Gasteiger partial charge in [0.15, 0.2) is 0 Å². The first-order chi connectivity index (χ1) is 20.2. The van der Waals surface area contributed by atoms with E-state index < -0.39 is 28.5 Å². The molecule has 0 aromatic heterocycles. The smallest absolute Gasteiger partial charge is 0.264 e. The third-order valence-electron chi connectivity index (χ3n) is 6.76. The Labute approximate surface area is 253 Å². The van der Waals surface area contributed by atoms with Crippen LogP contribution < -0.4 is 19.1 Å². The Hall–Kier alpha value is -3.76. The zero-order valence-electron chi connectivity index (χ0n) is 24.4. The monoisotopic (exact) mass is 615 g/mol. The topological polar surface area (TPSA) is 105 Å². The van der Waals surface area contributed by atoms with E-state index in [1.165, 1.54) is 36.3 Å². The van der Waals surface area contributed by atoms with E-state index in [0.29, 0.717) is 24.5 Å². The lowest BCUT2D eigenvalue weighted by Gasteiger charge is -2.33. The number of nitrogens with one attached hydrogen (secondary N) is 1. The van der Waals surface area contributed by atoms with Crippen LogP contribution in [0.2, 0.25) is 5.02 Å². The molecule has 3 aromatic rings. The molecule has 0 fully saturated rings. The van der Waals surface area contributed by atoms with Crippen molar-refractivity contribution in [3.05, 3.63) is 83.4 Å². The van der Waals surface area contributed by atoms with Gasteiger partial charge in [0, 0.05) is 13.1 Å². The lowest BCUT2D eigenvalue weighted by molar-refractivity contribution is -0.140. The highest BCUT2D eigenvalue weighted by molar-refractivity contribution is 7.92. The number of rotatable bonds is 15. The predicted molar refractivity (Wildman–Crippen MR) is 165 cm³/mol. The molecule has 1 unspecified atom stereocenters. The molecule has 42 heavy (non-hydrogen) atoms. The van der Waals surface area contributed by atoms with Crippen LogP contribution in [0.15, 0.2) is 77.7 Å². The highest BCUT2D eigenvalue weighted by Crippen LogP contribution is 2.32. The zero-order chi connectivity index (χ0) is 30.7. The highest BCUT2D eigenvalue weighted by Gasteiger charge is 2.33. The van der Waals surface area contributed by atoms with Gasteiger partial charge in [-0.2, -0.15) is 0 Å². The van der Waals surface area contributed by atoms with Gasteiger partial charge < -0.3 is 19.7 Å². The molecule has 0 aliphatic rings. The average Bonchev–Trinajstić information content (AvgIpc) is 3.00. The standard InChI is InChI=1S/C31H38ClN3O6S/c1-5-7-19-33-31(37)28(6-2)34(21-23-13-16-25(40-3)17-14-23)30(36)22-35(24-15-18-29(41-4)27(32)20-24)42(38,39)26-11-9-8-10-12-26/h8-18,20,28H,5-7,19,21-22H2,1-4H3,(H,33,37). The van der Waals surface area contributed by atoms with Gasteiger partial charge >= 0.3 is 0 Å². The van der Waals surface area contributed by atoms with Gasteiger partial charge in [-0.1, -0.05) is 62.2 Å². The van der Waals surface area contributed by atoms with E-state index in [4.69, 9.17) is 21.1 Å². The second-order valence-electron chi connectivity index (χ2n) is 9.58. The van der Waals surface area contributed by atoms with Crippen molar-refractivity contribution in [2.24, 2.45) is 0 Å². The molecule has 0 saturated carbocycles. The Morgan fingerprint density at radius 1 is 0.952 bits per heavy atom. The molecule has 0 aliphatic carbocycles. The number of nitrogens with zero attached hydrogens (tertiary/aromatic N) is 2. The number of hydrogen-bond acceptors (Lipinski definition) is 6. The summed E-state index contributed by atoms with van der Waals surface area (Å²) in [4.78, 5) is 28.9. The van der Waals surface area contributed by atoms with E-state index >= 15 is 0 Å². The summed E-state index contributed by atoms with van der Waals surface area (Å²) in [5.41, 5.74) is 0.941. The number of hydrogen-bond donors (Lipinski definition) is 1. The van der Waals surface area contributed by atoms with Crippen LogP contribution in [0, 0.1) is 0 Å². The summed E-state index contributed by atoms with van der Waals surface area (Å²) in [5, 5.41) is 3.11. The summed E-state index contributed by atoms with van der Waals surface area (Å²) >= 11 is 6.37. The molecule has 0 bridgehead atoms. The van der Waals surface area contributed by atoms with Crippen molar-refractivity contribution in [1.29, 1.82) is 0 Å². The van der Waals surface area contributed by atoms with Crippen molar-refractivity contribution in [3.8, 4) is 11.5 Å². The molecule has 1 atom stereocenters. The number of halogens is 1. The van der Waals surface area contributed by atoms with Gasteiger partial charge in [0.1, 0.15) is 24.1 Å². The molecular formula is C31H38ClN3O6S.